The second-order valence-electron chi connectivity index (χ2n) is 8.28. The van der Waals surface area contributed by atoms with E-state index in [2.05, 4.69) is 23.6 Å². The van der Waals surface area contributed by atoms with Crippen LogP contribution in [0.2, 0.25) is 0 Å². The molecule has 9 heteroatoms. The fraction of sp³-hybridized carbons (Fsp3) is 0.296. The number of carbonyl (C=O) groups is 2. The predicted molar refractivity (Wildman–Crippen MR) is 145 cm³/mol. The molecule has 0 saturated carbocycles. The number of rotatable bonds is 10. The summed E-state index contributed by atoms with van der Waals surface area (Å²) >= 11 is 5.48. The van der Waals surface area contributed by atoms with E-state index in [4.69, 9.17) is 21.7 Å². The van der Waals surface area contributed by atoms with E-state index in [1.54, 1.807) is 25.3 Å². The molecule has 1 fully saturated rings. The standard InChI is InChI=1S/C27H30N4O4S/c1-4-18-7-6-8-22-19(16-30(25(18)22)17-24(32)28-13-14-34-3)15-23-26(33)31(27(36)29-23)20-9-11-21(12-10-20)35-5-2/h6-12,15-16H,4-5,13-14,17H2,1-3H3,(H,28,32)(H,29,36). The second-order valence-corrected chi connectivity index (χ2v) is 8.66. The van der Waals surface area contributed by atoms with E-state index in [0.29, 0.717) is 36.3 Å². The van der Waals surface area contributed by atoms with Gasteiger partial charge in [-0.3, -0.25) is 14.5 Å². The van der Waals surface area contributed by atoms with Crippen molar-refractivity contribution in [2.75, 3.05) is 31.8 Å². The van der Waals surface area contributed by atoms with Crippen molar-refractivity contribution in [3.05, 3.63) is 65.5 Å². The van der Waals surface area contributed by atoms with Gasteiger partial charge in [0.25, 0.3) is 5.91 Å². The van der Waals surface area contributed by atoms with Crippen molar-refractivity contribution in [1.82, 2.24) is 15.2 Å². The van der Waals surface area contributed by atoms with Crippen LogP contribution in [0.4, 0.5) is 5.69 Å². The maximum Gasteiger partial charge on any atom is 0.281 e. The highest BCUT2D eigenvalue weighted by molar-refractivity contribution is 7.80. The number of para-hydroxylation sites is 1. The van der Waals surface area contributed by atoms with Crippen LogP contribution in [0.3, 0.4) is 0 Å². The van der Waals surface area contributed by atoms with Crippen molar-refractivity contribution >= 4 is 51.8 Å². The Kier molecular flexibility index (Phi) is 8.02. The highest BCUT2D eigenvalue weighted by atomic mass is 32.1. The largest absolute Gasteiger partial charge is 0.494 e. The zero-order valence-electron chi connectivity index (χ0n) is 20.7. The molecule has 0 atom stereocenters. The van der Waals surface area contributed by atoms with Gasteiger partial charge in [0.15, 0.2) is 5.11 Å². The lowest BCUT2D eigenvalue weighted by molar-refractivity contribution is -0.121. The van der Waals surface area contributed by atoms with Crippen molar-refractivity contribution in [3.8, 4) is 5.75 Å². The van der Waals surface area contributed by atoms with E-state index in [0.717, 1.165) is 34.2 Å². The second kappa shape index (κ2) is 11.4. The van der Waals surface area contributed by atoms with E-state index in [1.165, 1.54) is 4.90 Å². The van der Waals surface area contributed by atoms with Gasteiger partial charge in [0.2, 0.25) is 5.91 Å². The van der Waals surface area contributed by atoms with E-state index >= 15 is 0 Å². The number of aromatic nitrogens is 1. The number of fused-ring (bicyclic) bond motifs is 1. The van der Waals surface area contributed by atoms with Gasteiger partial charge in [-0.25, -0.2) is 0 Å². The summed E-state index contributed by atoms with van der Waals surface area (Å²) in [6.07, 6.45) is 4.52. The summed E-state index contributed by atoms with van der Waals surface area (Å²) in [4.78, 5) is 27.3. The zero-order valence-corrected chi connectivity index (χ0v) is 21.5. The summed E-state index contributed by atoms with van der Waals surface area (Å²) in [7, 11) is 1.60. The molecule has 1 saturated heterocycles. The molecule has 1 aliphatic heterocycles. The number of nitrogens with one attached hydrogen (secondary N) is 2. The Morgan fingerprint density at radius 2 is 1.94 bits per heavy atom. The molecule has 2 amide bonds. The Balaban J connectivity index is 1.65. The average Bonchev–Trinajstić information content (AvgIpc) is 3.36. The number of thiocarbonyl (C=S) groups is 1. The molecular weight excluding hydrogens is 476 g/mol. The Morgan fingerprint density at radius 1 is 1.17 bits per heavy atom. The van der Waals surface area contributed by atoms with Gasteiger partial charge in [-0.05, 0) is 61.5 Å². The number of nitrogens with zero attached hydrogens (tertiary/aromatic N) is 2. The zero-order chi connectivity index (χ0) is 25.7. The van der Waals surface area contributed by atoms with Crippen LogP contribution in [0.1, 0.15) is 25.0 Å². The van der Waals surface area contributed by atoms with E-state index in [1.807, 2.05) is 42.0 Å². The fourth-order valence-corrected chi connectivity index (χ4v) is 4.58. The molecule has 8 nitrogen and oxygen atoms in total. The Morgan fingerprint density at radius 3 is 2.64 bits per heavy atom. The summed E-state index contributed by atoms with van der Waals surface area (Å²) in [5, 5.41) is 7.19. The van der Waals surface area contributed by atoms with E-state index in [-0.39, 0.29) is 18.4 Å². The summed E-state index contributed by atoms with van der Waals surface area (Å²) < 4.78 is 12.4. The normalized spacial score (nSPS) is 14.5. The number of benzene rings is 2. The predicted octanol–water partition coefficient (Wildman–Crippen LogP) is 3.63. The summed E-state index contributed by atoms with van der Waals surface area (Å²) in [6, 6.07) is 13.3. The van der Waals surface area contributed by atoms with Crippen LogP contribution in [0, 0.1) is 0 Å². The van der Waals surface area contributed by atoms with Gasteiger partial charge < -0.3 is 24.7 Å². The molecular formula is C27H30N4O4S. The van der Waals surface area contributed by atoms with Crippen molar-refractivity contribution in [2.45, 2.75) is 26.8 Å². The van der Waals surface area contributed by atoms with Gasteiger partial charge in [0.05, 0.1) is 24.4 Å². The van der Waals surface area contributed by atoms with Crippen molar-refractivity contribution in [1.29, 1.82) is 0 Å². The number of aryl methyl sites for hydroxylation is 1. The maximum atomic E-state index is 13.3. The number of hydrogen-bond donors (Lipinski definition) is 2. The number of methoxy groups -OCH3 is 1. The molecule has 0 spiro atoms. The Hall–Kier alpha value is -3.69. The van der Waals surface area contributed by atoms with E-state index in [9.17, 15) is 9.59 Å². The molecule has 0 bridgehead atoms. The first-order valence-corrected chi connectivity index (χ1v) is 12.3. The molecule has 2 heterocycles. The molecule has 0 unspecified atom stereocenters. The van der Waals surface area contributed by atoms with Crippen molar-refractivity contribution < 1.29 is 19.1 Å². The lowest BCUT2D eigenvalue weighted by Gasteiger charge is -2.14. The monoisotopic (exact) mass is 506 g/mol. The van der Waals surface area contributed by atoms with Crippen LogP contribution in [-0.2, 0) is 27.3 Å². The number of amides is 2. The molecule has 0 aliphatic carbocycles. The fourth-order valence-electron chi connectivity index (χ4n) is 4.28. The number of hydrogen-bond acceptors (Lipinski definition) is 5. The molecule has 2 N–H and O–H groups in total. The first-order chi connectivity index (χ1) is 17.5. The van der Waals surface area contributed by atoms with Gasteiger partial charge in [-0.15, -0.1) is 0 Å². The minimum absolute atomic E-state index is 0.105. The first-order valence-electron chi connectivity index (χ1n) is 11.9. The maximum absolute atomic E-state index is 13.3. The highest BCUT2D eigenvalue weighted by Gasteiger charge is 2.32. The van der Waals surface area contributed by atoms with Crippen LogP contribution in [0.25, 0.3) is 17.0 Å². The minimum atomic E-state index is -0.242. The van der Waals surface area contributed by atoms with Crippen LogP contribution in [0.15, 0.2) is 54.4 Å². The minimum Gasteiger partial charge on any atom is -0.494 e. The van der Waals surface area contributed by atoms with E-state index < -0.39 is 0 Å². The molecule has 2 aromatic carbocycles. The molecule has 1 aliphatic rings. The quantitative estimate of drug-likeness (QED) is 0.248. The molecule has 188 valence electrons. The Bertz CT molecular complexity index is 1310. The van der Waals surface area contributed by atoms with Gasteiger partial charge in [0, 0.05) is 30.8 Å². The SMILES string of the molecule is CCOc1ccc(N2C(=O)C(=Cc3cn(CC(=O)NCCOC)c4c(CC)cccc34)NC2=S)cc1. The van der Waals surface area contributed by atoms with Gasteiger partial charge in [-0.1, -0.05) is 25.1 Å². The third kappa shape index (κ3) is 5.27. The highest BCUT2D eigenvalue weighted by Crippen LogP contribution is 2.29. The summed E-state index contributed by atoms with van der Waals surface area (Å²) in [6.45, 7) is 5.63. The molecule has 0 radical (unpaired) electrons. The van der Waals surface area contributed by atoms with Gasteiger partial charge >= 0.3 is 0 Å². The number of carbonyl (C=O) groups excluding carboxylic acids is 2. The summed E-state index contributed by atoms with van der Waals surface area (Å²) in [5.41, 5.74) is 3.97. The first kappa shape index (κ1) is 25.4. The number of ether oxygens (including phenoxy) is 2. The third-order valence-corrected chi connectivity index (χ3v) is 6.20. The molecule has 4 rings (SSSR count). The molecule has 36 heavy (non-hydrogen) atoms. The smallest absolute Gasteiger partial charge is 0.281 e. The Labute approximate surface area is 215 Å². The lowest BCUT2D eigenvalue weighted by atomic mass is 10.1. The summed E-state index contributed by atoms with van der Waals surface area (Å²) in [5.74, 6) is 0.384. The van der Waals surface area contributed by atoms with Crippen LogP contribution in [-0.4, -0.2) is 48.4 Å². The van der Waals surface area contributed by atoms with Crippen LogP contribution >= 0.6 is 12.2 Å². The molecule has 3 aromatic rings. The van der Waals surface area contributed by atoms with Gasteiger partial charge in [0.1, 0.15) is 18.0 Å². The van der Waals surface area contributed by atoms with Gasteiger partial charge in [-0.2, -0.15) is 0 Å². The van der Waals surface area contributed by atoms with Crippen molar-refractivity contribution in [3.63, 3.8) is 0 Å². The van der Waals surface area contributed by atoms with Crippen molar-refractivity contribution in [2.24, 2.45) is 0 Å². The average molecular weight is 507 g/mol. The van der Waals surface area contributed by atoms with Crippen LogP contribution in [0.5, 0.6) is 5.75 Å². The lowest BCUT2D eigenvalue weighted by Crippen LogP contribution is -2.30. The molecule has 1 aromatic heterocycles. The number of anilines is 1. The third-order valence-electron chi connectivity index (χ3n) is 5.92. The van der Waals surface area contributed by atoms with Crippen LogP contribution < -0.4 is 20.3 Å². The topological polar surface area (TPSA) is 84.8 Å².